The van der Waals surface area contributed by atoms with Gasteiger partial charge < -0.3 is 5.32 Å². The summed E-state index contributed by atoms with van der Waals surface area (Å²) in [5, 5.41) is 6.86. The van der Waals surface area contributed by atoms with Crippen molar-refractivity contribution in [3.05, 3.63) is 12.2 Å². The summed E-state index contributed by atoms with van der Waals surface area (Å²) in [5.74, 6) is 0.604. The first kappa shape index (κ1) is 14.9. The molecule has 0 spiro atoms. The second-order valence-electron chi connectivity index (χ2n) is 4.18. The summed E-state index contributed by atoms with van der Waals surface area (Å²) < 4.78 is 38.9. The number of alkyl halides is 3. The number of nitrogens with zero attached hydrogens (tertiary/aromatic N) is 3. The quantitative estimate of drug-likeness (QED) is 0.820. The fraction of sp³-hybridized carbons (Fsp3) is 0.818. The Hall–Kier alpha value is -1.11. The molecule has 1 aromatic heterocycles. The molecule has 0 radical (unpaired) electrons. The Bertz CT molecular complexity index is 348. The molecule has 0 aromatic carbocycles. The van der Waals surface area contributed by atoms with Crippen LogP contribution in [0.3, 0.4) is 0 Å². The van der Waals surface area contributed by atoms with E-state index in [-0.39, 0.29) is 6.42 Å². The summed E-state index contributed by atoms with van der Waals surface area (Å²) in [6.07, 6.45) is -2.50. The topological polar surface area (TPSA) is 42.7 Å². The molecule has 0 aliphatic carbocycles. The average Bonchev–Trinajstić information content (AvgIpc) is 2.64. The van der Waals surface area contributed by atoms with Crippen LogP contribution >= 0.6 is 0 Å². The van der Waals surface area contributed by atoms with Crippen molar-refractivity contribution in [2.45, 2.75) is 51.9 Å². The molecule has 0 aliphatic rings. The summed E-state index contributed by atoms with van der Waals surface area (Å²) in [4.78, 5) is 4.03. The summed E-state index contributed by atoms with van der Waals surface area (Å²) in [6, 6.07) is -0.644. The van der Waals surface area contributed by atoms with E-state index < -0.39 is 18.6 Å². The van der Waals surface area contributed by atoms with Crippen LogP contribution in [-0.2, 0) is 13.0 Å². The molecule has 7 heteroatoms. The van der Waals surface area contributed by atoms with E-state index >= 15 is 0 Å². The third-order valence-electron chi connectivity index (χ3n) is 2.53. The number of halogens is 3. The van der Waals surface area contributed by atoms with Crippen LogP contribution in [0.4, 0.5) is 13.2 Å². The van der Waals surface area contributed by atoms with Crippen LogP contribution in [0, 0.1) is 0 Å². The summed E-state index contributed by atoms with van der Waals surface area (Å²) in [5.41, 5.74) is 0. The molecular formula is C11H19F3N4. The van der Waals surface area contributed by atoms with Crippen molar-refractivity contribution in [2.75, 3.05) is 6.54 Å². The maximum atomic E-state index is 12.4. The Morgan fingerprint density at radius 3 is 2.67 bits per heavy atom. The fourth-order valence-electron chi connectivity index (χ4n) is 1.85. The number of aromatic nitrogens is 3. The smallest absolute Gasteiger partial charge is 0.313 e. The first-order valence-corrected chi connectivity index (χ1v) is 6.13. The first-order chi connectivity index (χ1) is 8.46. The van der Waals surface area contributed by atoms with Crippen molar-refractivity contribution >= 4 is 0 Å². The van der Waals surface area contributed by atoms with Gasteiger partial charge in [-0.1, -0.05) is 13.8 Å². The second-order valence-corrected chi connectivity index (χ2v) is 4.18. The molecule has 1 atom stereocenters. The van der Waals surface area contributed by atoms with Crippen LogP contribution in [0.1, 0.15) is 32.5 Å². The Kier molecular flexibility index (Phi) is 5.58. The zero-order valence-electron chi connectivity index (χ0n) is 10.7. The molecular weight excluding hydrogens is 245 g/mol. The lowest BCUT2D eigenvalue weighted by Crippen LogP contribution is -2.36. The van der Waals surface area contributed by atoms with Crippen LogP contribution in [0.25, 0.3) is 0 Å². The van der Waals surface area contributed by atoms with Gasteiger partial charge in [-0.3, -0.25) is 4.68 Å². The Morgan fingerprint density at radius 2 is 2.11 bits per heavy atom. The SMILES string of the molecule is CCCn1ncnc1CC(CC(F)(F)F)NCC. The number of aryl methyl sites for hydroxylation is 1. The van der Waals surface area contributed by atoms with Gasteiger partial charge in [-0.25, -0.2) is 4.98 Å². The lowest BCUT2D eigenvalue weighted by Gasteiger charge is -2.19. The summed E-state index contributed by atoms with van der Waals surface area (Å²) >= 11 is 0. The molecule has 0 saturated carbocycles. The van der Waals surface area contributed by atoms with Gasteiger partial charge >= 0.3 is 6.18 Å². The van der Waals surface area contributed by atoms with E-state index in [2.05, 4.69) is 15.4 Å². The highest BCUT2D eigenvalue weighted by atomic mass is 19.4. The Balaban J connectivity index is 2.67. The van der Waals surface area contributed by atoms with E-state index in [1.165, 1.54) is 6.33 Å². The molecule has 4 nitrogen and oxygen atoms in total. The van der Waals surface area contributed by atoms with Gasteiger partial charge in [0.05, 0.1) is 6.42 Å². The van der Waals surface area contributed by atoms with Gasteiger partial charge in [-0.05, 0) is 13.0 Å². The van der Waals surface area contributed by atoms with Gasteiger partial charge in [0.25, 0.3) is 0 Å². The third kappa shape index (κ3) is 5.03. The van der Waals surface area contributed by atoms with E-state index in [0.717, 1.165) is 6.42 Å². The average molecular weight is 264 g/mol. The van der Waals surface area contributed by atoms with Crippen molar-refractivity contribution < 1.29 is 13.2 Å². The molecule has 0 fully saturated rings. The van der Waals surface area contributed by atoms with Crippen molar-refractivity contribution in [1.29, 1.82) is 0 Å². The van der Waals surface area contributed by atoms with E-state index in [4.69, 9.17) is 0 Å². The van der Waals surface area contributed by atoms with E-state index in [1.807, 2.05) is 6.92 Å². The predicted molar refractivity (Wildman–Crippen MR) is 62.2 cm³/mol. The minimum Gasteiger partial charge on any atom is -0.313 e. The summed E-state index contributed by atoms with van der Waals surface area (Å²) in [6.45, 7) is 4.96. The maximum Gasteiger partial charge on any atom is 0.390 e. The van der Waals surface area contributed by atoms with Crippen molar-refractivity contribution in [3.63, 3.8) is 0 Å². The number of likely N-dealkylation sites (N-methyl/N-ethyl adjacent to an activating group) is 1. The van der Waals surface area contributed by atoms with E-state index in [0.29, 0.717) is 18.9 Å². The number of hydrogen-bond acceptors (Lipinski definition) is 3. The number of rotatable bonds is 7. The summed E-state index contributed by atoms with van der Waals surface area (Å²) in [7, 11) is 0. The fourth-order valence-corrected chi connectivity index (χ4v) is 1.85. The minimum atomic E-state index is -4.16. The van der Waals surface area contributed by atoms with Crippen molar-refractivity contribution in [3.8, 4) is 0 Å². The third-order valence-corrected chi connectivity index (χ3v) is 2.53. The van der Waals surface area contributed by atoms with Crippen molar-refractivity contribution in [1.82, 2.24) is 20.1 Å². The van der Waals surface area contributed by atoms with Gasteiger partial charge in [-0.15, -0.1) is 0 Å². The lowest BCUT2D eigenvalue weighted by molar-refractivity contribution is -0.140. The maximum absolute atomic E-state index is 12.4. The zero-order valence-corrected chi connectivity index (χ0v) is 10.7. The Labute approximate surface area is 105 Å². The van der Waals surface area contributed by atoms with Crippen LogP contribution in [0.2, 0.25) is 0 Å². The molecule has 1 heterocycles. The van der Waals surface area contributed by atoms with Gasteiger partial charge in [-0.2, -0.15) is 18.3 Å². The zero-order chi connectivity index (χ0) is 13.6. The molecule has 0 amide bonds. The molecule has 18 heavy (non-hydrogen) atoms. The molecule has 1 N–H and O–H groups in total. The minimum absolute atomic E-state index is 0.243. The molecule has 1 aromatic rings. The van der Waals surface area contributed by atoms with Gasteiger partial charge in [0.1, 0.15) is 12.2 Å². The largest absolute Gasteiger partial charge is 0.390 e. The molecule has 1 rings (SSSR count). The van der Waals surface area contributed by atoms with Crippen LogP contribution in [0.5, 0.6) is 0 Å². The number of hydrogen-bond donors (Lipinski definition) is 1. The molecule has 0 aliphatic heterocycles. The lowest BCUT2D eigenvalue weighted by atomic mass is 10.1. The molecule has 0 saturated heterocycles. The molecule has 0 bridgehead atoms. The highest BCUT2D eigenvalue weighted by Gasteiger charge is 2.32. The van der Waals surface area contributed by atoms with Gasteiger partial charge in [0, 0.05) is 19.0 Å². The predicted octanol–water partition coefficient (Wildman–Crippen LogP) is 2.16. The number of nitrogens with one attached hydrogen (secondary N) is 1. The molecule has 104 valence electrons. The second kappa shape index (κ2) is 6.72. The highest BCUT2D eigenvalue weighted by molar-refractivity contribution is 4.90. The normalized spacial score (nSPS) is 13.8. The van der Waals surface area contributed by atoms with Gasteiger partial charge in [0.15, 0.2) is 0 Å². The van der Waals surface area contributed by atoms with E-state index in [9.17, 15) is 13.2 Å². The first-order valence-electron chi connectivity index (χ1n) is 6.13. The van der Waals surface area contributed by atoms with Crippen LogP contribution in [-0.4, -0.2) is 33.5 Å². The Morgan fingerprint density at radius 1 is 1.39 bits per heavy atom. The van der Waals surface area contributed by atoms with Crippen LogP contribution < -0.4 is 5.32 Å². The standard InChI is InChI=1S/C11H19F3N4/c1-3-5-18-10(16-8-17-18)6-9(15-4-2)7-11(12,13)14/h8-9,15H,3-7H2,1-2H3. The monoisotopic (exact) mass is 264 g/mol. The van der Waals surface area contributed by atoms with Crippen LogP contribution in [0.15, 0.2) is 6.33 Å². The van der Waals surface area contributed by atoms with Crippen molar-refractivity contribution in [2.24, 2.45) is 0 Å². The molecule has 1 unspecified atom stereocenters. The van der Waals surface area contributed by atoms with Gasteiger partial charge in [0.2, 0.25) is 0 Å². The highest BCUT2D eigenvalue weighted by Crippen LogP contribution is 2.22. The van der Waals surface area contributed by atoms with E-state index in [1.54, 1.807) is 11.6 Å².